The van der Waals surface area contributed by atoms with E-state index < -0.39 is 4.92 Å². The SMILES string of the molecule is Cc1ccc[n+]2cc(COc3cccc([N+](=O)[O-])c3)[nH]c12. The van der Waals surface area contributed by atoms with E-state index in [1.54, 1.807) is 12.1 Å². The van der Waals surface area contributed by atoms with Crippen molar-refractivity contribution in [1.82, 2.24) is 4.98 Å². The summed E-state index contributed by atoms with van der Waals surface area (Å²) in [6, 6.07) is 10.2. The molecule has 1 N–H and O–H groups in total. The summed E-state index contributed by atoms with van der Waals surface area (Å²) in [5.74, 6) is 0.476. The number of non-ortho nitro benzene ring substituents is 1. The first-order chi connectivity index (χ1) is 10.1. The highest BCUT2D eigenvalue weighted by molar-refractivity contribution is 5.40. The number of hydrogen-bond acceptors (Lipinski definition) is 3. The van der Waals surface area contributed by atoms with Crippen LogP contribution < -0.4 is 9.14 Å². The molecule has 0 unspecified atom stereocenters. The van der Waals surface area contributed by atoms with Gasteiger partial charge in [0, 0.05) is 11.6 Å². The van der Waals surface area contributed by atoms with Crippen molar-refractivity contribution >= 4 is 11.3 Å². The molecule has 0 bridgehead atoms. The fourth-order valence-electron chi connectivity index (χ4n) is 2.18. The van der Waals surface area contributed by atoms with Gasteiger partial charge < -0.3 is 4.74 Å². The van der Waals surface area contributed by atoms with E-state index in [-0.39, 0.29) is 5.69 Å². The molecule has 0 amide bonds. The van der Waals surface area contributed by atoms with Gasteiger partial charge in [0.25, 0.3) is 11.3 Å². The van der Waals surface area contributed by atoms with Gasteiger partial charge in [0.1, 0.15) is 11.9 Å². The Balaban J connectivity index is 1.78. The van der Waals surface area contributed by atoms with Crippen LogP contribution in [0.1, 0.15) is 11.3 Å². The largest absolute Gasteiger partial charge is 0.485 e. The number of imidazole rings is 1. The lowest BCUT2D eigenvalue weighted by atomic mass is 10.3. The van der Waals surface area contributed by atoms with Gasteiger partial charge in [0.05, 0.1) is 17.2 Å². The van der Waals surface area contributed by atoms with Crippen LogP contribution in [0, 0.1) is 17.0 Å². The second kappa shape index (κ2) is 5.24. The third-order valence-electron chi connectivity index (χ3n) is 3.22. The first-order valence-electron chi connectivity index (χ1n) is 6.49. The van der Waals surface area contributed by atoms with E-state index in [2.05, 4.69) is 4.98 Å². The number of aromatic amines is 1. The Morgan fingerprint density at radius 2 is 2.19 bits per heavy atom. The van der Waals surface area contributed by atoms with Crippen LogP contribution in [-0.4, -0.2) is 9.91 Å². The van der Waals surface area contributed by atoms with Gasteiger partial charge in [-0.2, -0.15) is 0 Å². The van der Waals surface area contributed by atoms with E-state index in [1.807, 2.05) is 35.9 Å². The standard InChI is InChI=1S/C15H13N3O3/c1-11-4-3-7-17-9-12(16-15(11)17)10-21-14-6-2-5-13(8-14)18(19)20/h2-9H,10H2,1H3/p+1. The maximum Gasteiger partial charge on any atom is 0.287 e. The molecule has 2 heterocycles. The molecule has 21 heavy (non-hydrogen) atoms. The molecule has 0 saturated heterocycles. The number of aryl methyl sites for hydroxylation is 1. The number of hydrogen-bond donors (Lipinski definition) is 1. The monoisotopic (exact) mass is 284 g/mol. The molecule has 6 nitrogen and oxygen atoms in total. The van der Waals surface area contributed by atoms with Crippen molar-refractivity contribution in [1.29, 1.82) is 0 Å². The van der Waals surface area contributed by atoms with Crippen molar-refractivity contribution in [2.24, 2.45) is 0 Å². The van der Waals surface area contributed by atoms with E-state index >= 15 is 0 Å². The minimum atomic E-state index is -0.436. The number of nitrogens with zero attached hydrogens (tertiary/aromatic N) is 2. The Morgan fingerprint density at radius 3 is 2.95 bits per heavy atom. The summed E-state index contributed by atoms with van der Waals surface area (Å²) < 4.78 is 7.59. The summed E-state index contributed by atoms with van der Waals surface area (Å²) in [6.45, 7) is 2.35. The molecule has 0 atom stereocenters. The molecule has 0 saturated carbocycles. The van der Waals surface area contributed by atoms with E-state index in [9.17, 15) is 10.1 Å². The molecule has 0 aliphatic carbocycles. The third kappa shape index (κ3) is 2.69. The van der Waals surface area contributed by atoms with Gasteiger partial charge in [-0.05, 0) is 25.1 Å². The molecule has 1 aromatic carbocycles. The molecule has 0 aliphatic rings. The van der Waals surface area contributed by atoms with Crippen LogP contribution in [0.25, 0.3) is 5.65 Å². The first-order valence-corrected chi connectivity index (χ1v) is 6.49. The summed E-state index contributed by atoms with van der Waals surface area (Å²) in [4.78, 5) is 13.6. The van der Waals surface area contributed by atoms with Gasteiger partial charge in [0.2, 0.25) is 0 Å². The lowest BCUT2D eigenvalue weighted by Crippen LogP contribution is -2.17. The van der Waals surface area contributed by atoms with Crippen LogP contribution in [0.4, 0.5) is 5.69 Å². The summed E-state index contributed by atoms with van der Waals surface area (Å²) in [5.41, 5.74) is 3.07. The Kier molecular flexibility index (Phi) is 3.27. The van der Waals surface area contributed by atoms with Gasteiger partial charge in [-0.3, -0.25) is 10.1 Å². The molecule has 106 valence electrons. The van der Waals surface area contributed by atoms with Crippen molar-refractivity contribution in [3.8, 4) is 5.75 Å². The number of nitro benzene ring substituents is 1. The highest BCUT2D eigenvalue weighted by atomic mass is 16.6. The van der Waals surface area contributed by atoms with Crippen LogP contribution in [0.5, 0.6) is 5.75 Å². The Morgan fingerprint density at radius 1 is 1.33 bits per heavy atom. The van der Waals surface area contributed by atoms with Crippen LogP contribution >= 0.6 is 0 Å². The number of fused-ring (bicyclic) bond motifs is 1. The zero-order chi connectivity index (χ0) is 14.8. The van der Waals surface area contributed by atoms with Crippen molar-refractivity contribution in [3.05, 3.63) is 70.2 Å². The molecule has 0 spiro atoms. The van der Waals surface area contributed by atoms with E-state index in [4.69, 9.17) is 4.74 Å². The van der Waals surface area contributed by atoms with Crippen LogP contribution in [0.15, 0.2) is 48.8 Å². The predicted molar refractivity (Wildman–Crippen MR) is 76.1 cm³/mol. The van der Waals surface area contributed by atoms with Crippen molar-refractivity contribution in [3.63, 3.8) is 0 Å². The zero-order valence-electron chi connectivity index (χ0n) is 11.4. The molecular formula is C15H14N3O3+. The predicted octanol–water partition coefficient (Wildman–Crippen LogP) is 2.55. The summed E-state index contributed by atoms with van der Waals surface area (Å²) in [5, 5.41) is 10.7. The quantitative estimate of drug-likeness (QED) is 0.454. The molecule has 0 radical (unpaired) electrons. The third-order valence-corrected chi connectivity index (χ3v) is 3.22. The number of rotatable bonds is 4. The van der Waals surface area contributed by atoms with Crippen molar-refractivity contribution in [2.45, 2.75) is 13.5 Å². The molecular weight excluding hydrogens is 270 g/mol. The normalized spacial score (nSPS) is 10.7. The number of aromatic nitrogens is 2. The second-order valence-electron chi connectivity index (χ2n) is 4.77. The fourth-order valence-corrected chi connectivity index (χ4v) is 2.18. The van der Waals surface area contributed by atoms with E-state index in [1.165, 1.54) is 12.1 Å². The maximum atomic E-state index is 10.7. The smallest absolute Gasteiger partial charge is 0.287 e. The number of ether oxygens (including phenoxy) is 1. The van der Waals surface area contributed by atoms with Gasteiger partial charge in [-0.15, -0.1) is 0 Å². The van der Waals surface area contributed by atoms with E-state index in [0.717, 1.165) is 16.9 Å². The lowest BCUT2D eigenvalue weighted by molar-refractivity contribution is -0.510. The number of nitro groups is 1. The zero-order valence-corrected chi connectivity index (χ0v) is 11.4. The molecule has 2 aromatic heterocycles. The first kappa shape index (κ1) is 13.1. The summed E-state index contributed by atoms with van der Waals surface area (Å²) >= 11 is 0. The van der Waals surface area contributed by atoms with E-state index in [0.29, 0.717) is 12.4 Å². The summed E-state index contributed by atoms with van der Waals surface area (Å²) in [7, 11) is 0. The Hall–Kier alpha value is -2.89. The topological polar surface area (TPSA) is 72.3 Å². The number of pyridine rings is 1. The van der Waals surface area contributed by atoms with Crippen molar-refractivity contribution in [2.75, 3.05) is 0 Å². The minimum absolute atomic E-state index is 0.0226. The number of nitrogens with one attached hydrogen (secondary N) is 1. The number of benzene rings is 1. The van der Waals surface area contributed by atoms with Crippen LogP contribution in [0.3, 0.4) is 0 Å². The number of H-pyrrole nitrogens is 1. The van der Waals surface area contributed by atoms with Gasteiger partial charge in [0.15, 0.2) is 12.3 Å². The second-order valence-corrected chi connectivity index (χ2v) is 4.77. The molecule has 0 fully saturated rings. The fraction of sp³-hybridized carbons (Fsp3) is 0.133. The highest BCUT2D eigenvalue weighted by Gasteiger charge is 2.12. The van der Waals surface area contributed by atoms with Gasteiger partial charge in [-0.1, -0.05) is 6.07 Å². The van der Waals surface area contributed by atoms with Gasteiger partial charge >= 0.3 is 0 Å². The highest BCUT2D eigenvalue weighted by Crippen LogP contribution is 2.19. The molecule has 3 rings (SSSR count). The van der Waals surface area contributed by atoms with Crippen molar-refractivity contribution < 1.29 is 14.1 Å². The van der Waals surface area contributed by atoms with Crippen LogP contribution in [-0.2, 0) is 6.61 Å². The van der Waals surface area contributed by atoms with Crippen LogP contribution in [0.2, 0.25) is 0 Å². The summed E-state index contributed by atoms with van der Waals surface area (Å²) in [6.07, 6.45) is 3.90. The molecule has 0 aliphatic heterocycles. The molecule has 6 heteroatoms. The average Bonchev–Trinajstić information content (AvgIpc) is 2.90. The maximum absolute atomic E-state index is 10.7. The molecule has 3 aromatic rings. The minimum Gasteiger partial charge on any atom is -0.485 e. The lowest BCUT2D eigenvalue weighted by Gasteiger charge is -2.02. The average molecular weight is 284 g/mol. The Bertz CT molecular complexity index is 811. The Labute approximate surface area is 120 Å². The van der Waals surface area contributed by atoms with Gasteiger partial charge in [-0.25, -0.2) is 9.38 Å².